The van der Waals surface area contributed by atoms with Crippen LogP contribution in [-0.2, 0) is 25.5 Å². The lowest BCUT2D eigenvalue weighted by atomic mass is 10.1. The summed E-state index contributed by atoms with van der Waals surface area (Å²) in [5, 5.41) is 2.38. The molecule has 0 radical (unpaired) electrons. The van der Waals surface area contributed by atoms with Crippen molar-refractivity contribution in [3.8, 4) is 0 Å². The minimum atomic E-state index is -4.96. The van der Waals surface area contributed by atoms with Gasteiger partial charge in [0.1, 0.15) is 12.1 Å². The van der Waals surface area contributed by atoms with Crippen LogP contribution in [0.4, 0.5) is 13.2 Å². The Hall–Kier alpha value is -2.71. The molecule has 0 fully saturated rings. The van der Waals surface area contributed by atoms with Crippen LogP contribution in [-0.4, -0.2) is 49.2 Å². The van der Waals surface area contributed by atoms with Crippen LogP contribution in [0, 0.1) is 0 Å². The molecule has 2 atom stereocenters. The summed E-state index contributed by atoms with van der Waals surface area (Å²) in [6.07, 6.45) is -5.06. The second kappa shape index (κ2) is 9.69. The highest BCUT2D eigenvalue weighted by molar-refractivity contribution is 5.96. The van der Waals surface area contributed by atoms with Gasteiger partial charge in [-0.2, -0.15) is 13.2 Å². The standard InChI is InChI=1S/C17H19F3N2O4/c1-11(16(25)26-2)22-15(24)13(10-12-6-4-3-5-7-12)21-9-8-14(23)17(18,19)20/h3-7,9,11,13H,8,10H2,1-2H3,(H,22,24)/t11-,13+/m0/s1. The molecule has 1 rings (SSSR count). The molecule has 0 saturated heterocycles. The topological polar surface area (TPSA) is 84.8 Å². The van der Waals surface area contributed by atoms with Crippen LogP contribution in [0.2, 0.25) is 0 Å². The van der Waals surface area contributed by atoms with Crippen LogP contribution in [0.15, 0.2) is 35.3 Å². The van der Waals surface area contributed by atoms with Gasteiger partial charge in [-0.05, 0) is 12.5 Å². The molecular weight excluding hydrogens is 353 g/mol. The van der Waals surface area contributed by atoms with Gasteiger partial charge in [-0.15, -0.1) is 0 Å². The molecule has 0 spiro atoms. The molecule has 0 saturated carbocycles. The molecule has 1 aromatic rings. The summed E-state index contributed by atoms with van der Waals surface area (Å²) >= 11 is 0. The van der Waals surface area contributed by atoms with Crippen molar-refractivity contribution >= 4 is 23.9 Å². The number of aliphatic imine (C=N–C) groups is 1. The normalized spacial score (nSPS) is 13.9. The zero-order chi connectivity index (χ0) is 19.7. The quantitative estimate of drug-likeness (QED) is 0.558. The highest BCUT2D eigenvalue weighted by Gasteiger charge is 2.37. The van der Waals surface area contributed by atoms with E-state index in [4.69, 9.17) is 0 Å². The molecule has 0 aliphatic carbocycles. The van der Waals surface area contributed by atoms with E-state index in [0.29, 0.717) is 0 Å². The van der Waals surface area contributed by atoms with E-state index in [2.05, 4.69) is 15.0 Å². The van der Waals surface area contributed by atoms with Crippen molar-refractivity contribution in [3.05, 3.63) is 35.9 Å². The summed E-state index contributed by atoms with van der Waals surface area (Å²) in [5.41, 5.74) is 0.720. The second-order valence-corrected chi connectivity index (χ2v) is 5.42. The SMILES string of the molecule is COC(=O)[C@H](C)NC(=O)[C@@H](Cc1ccccc1)N=CCC(=O)C(F)(F)F. The van der Waals surface area contributed by atoms with Crippen LogP contribution < -0.4 is 5.32 Å². The summed E-state index contributed by atoms with van der Waals surface area (Å²) in [6, 6.07) is 6.64. The second-order valence-electron chi connectivity index (χ2n) is 5.42. The molecule has 0 aromatic heterocycles. The van der Waals surface area contributed by atoms with E-state index in [9.17, 15) is 27.6 Å². The lowest BCUT2D eigenvalue weighted by Gasteiger charge is -2.16. The Labute approximate surface area is 148 Å². The lowest BCUT2D eigenvalue weighted by molar-refractivity contribution is -0.169. The van der Waals surface area contributed by atoms with Crippen molar-refractivity contribution in [1.82, 2.24) is 5.32 Å². The Kier molecular flexibility index (Phi) is 7.95. The van der Waals surface area contributed by atoms with Crippen molar-refractivity contribution in [2.75, 3.05) is 7.11 Å². The van der Waals surface area contributed by atoms with Gasteiger partial charge in [0.15, 0.2) is 0 Å². The summed E-state index contributed by atoms with van der Waals surface area (Å²) < 4.78 is 41.2. The van der Waals surface area contributed by atoms with Gasteiger partial charge in [0.25, 0.3) is 0 Å². The number of methoxy groups -OCH3 is 1. The number of nitrogens with zero attached hydrogens (tertiary/aromatic N) is 1. The third kappa shape index (κ3) is 7.04. The van der Waals surface area contributed by atoms with E-state index in [0.717, 1.165) is 18.9 Å². The van der Waals surface area contributed by atoms with E-state index in [1.807, 2.05) is 0 Å². The number of alkyl halides is 3. The van der Waals surface area contributed by atoms with Crippen molar-refractivity contribution in [2.24, 2.45) is 4.99 Å². The molecule has 142 valence electrons. The van der Waals surface area contributed by atoms with E-state index < -0.39 is 42.3 Å². The third-order valence-electron chi connectivity index (χ3n) is 3.37. The molecule has 1 amide bonds. The monoisotopic (exact) mass is 372 g/mol. The molecule has 1 N–H and O–H groups in total. The molecule has 26 heavy (non-hydrogen) atoms. The smallest absolute Gasteiger partial charge is 0.450 e. The average Bonchev–Trinajstić information content (AvgIpc) is 2.59. The van der Waals surface area contributed by atoms with Gasteiger partial charge in [0.2, 0.25) is 11.7 Å². The fourth-order valence-corrected chi connectivity index (χ4v) is 1.97. The number of esters is 1. The number of hydrogen-bond acceptors (Lipinski definition) is 5. The van der Waals surface area contributed by atoms with Gasteiger partial charge in [-0.25, -0.2) is 4.79 Å². The Bertz CT molecular complexity index is 660. The molecule has 0 bridgehead atoms. The first kappa shape index (κ1) is 21.3. The number of carbonyl (C=O) groups excluding carboxylic acids is 3. The maximum absolute atomic E-state index is 12.3. The van der Waals surface area contributed by atoms with Crippen molar-refractivity contribution in [2.45, 2.75) is 38.0 Å². The zero-order valence-corrected chi connectivity index (χ0v) is 14.2. The Morgan fingerprint density at radius 2 is 1.85 bits per heavy atom. The Balaban J connectivity index is 2.86. The summed E-state index contributed by atoms with van der Waals surface area (Å²) in [5.74, 6) is -3.29. The number of Topliss-reactive ketones (excluding diaryl/α,β-unsaturated/α-hetero) is 1. The van der Waals surface area contributed by atoms with Gasteiger partial charge < -0.3 is 10.1 Å². The molecule has 6 nitrogen and oxygen atoms in total. The van der Waals surface area contributed by atoms with Crippen LogP contribution in [0.25, 0.3) is 0 Å². The predicted molar refractivity (Wildman–Crippen MR) is 87.7 cm³/mol. The number of amides is 1. The first-order valence-electron chi connectivity index (χ1n) is 7.69. The van der Waals surface area contributed by atoms with E-state index in [1.54, 1.807) is 30.3 Å². The molecule has 0 aliphatic rings. The molecule has 9 heteroatoms. The van der Waals surface area contributed by atoms with Gasteiger partial charge >= 0.3 is 12.1 Å². The maximum Gasteiger partial charge on any atom is 0.450 e. The fraction of sp³-hybridized carbons (Fsp3) is 0.412. The number of nitrogens with one attached hydrogen (secondary N) is 1. The van der Waals surface area contributed by atoms with E-state index >= 15 is 0 Å². The number of halogens is 3. The number of ketones is 1. The highest BCUT2D eigenvalue weighted by Crippen LogP contribution is 2.17. The molecule has 0 unspecified atom stereocenters. The third-order valence-corrected chi connectivity index (χ3v) is 3.37. The molecule has 1 aromatic carbocycles. The fourth-order valence-electron chi connectivity index (χ4n) is 1.97. The zero-order valence-electron chi connectivity index (χ0n) is 14.2. The van der Waals surface area contributed by atoms with Crippen LogP contribution in [0.5, 0.6) is 0 Å². The van der Waals surface area contributed by atoms with Gasteiger partial charge in [0.05, 0.1) is 13.5 Å². The molecule has 0 heterocycles. The van der Waals surface area contributed by atoms with Gasteiger partial charge in [-0.3, -0.25) is 14.6 Å². The Morgan fingerprint density at radius 3 is 2.38 bits per heavy atom. The minimum Gasteiger partial charge on any atom is -0.467 e. The summed E-state index contributed by atoms with van der Waals surface area (Å²) in [4.78, 5) is 38.4. The number of rotatable bonds is 8. The van der Waals surface area contributed by atoms with E-state index in [1.165, 1.54) is 6.92 Å². The van der Waals surface area contributed by atoms with Crippen molar-refractivity contribution in [3.63, 3.8) is 0 Å². The summed E-state index contributed by atoms with van der Waals surface area (Å²) in [6.45, 7) is 1.40. The summed E-state index contributed by atoms with van der Waals surface area (Å²) in [7, 11) is 1.16. The largest absolute Gasteiger partial charge is 0.467 e. The van der Waals surface area contributed by atoms with Gasteiger partial charge in [0, 0.05) is 12.6 Å². The minimum absolute atomic E-state index is 0.0945. The first-order valence-corrected chi connectivity index (χ1v) is 7.69. The number of ether oxygens (including phenoxy) is 1. The Morgan fingerprint density at radius 1 is 1.23 bits per heavy atom. The predicted octanol–water partition coefficient (Wildman–Crippen LogP) is 1.87. The average molecular weight is 372 g/mol. The van der Waals surface area contributed by atoms with E-state index in [-0.39, 0.29) is 6.42 Å². The molecule has 0 aliphatic heterocycles. The van der Waals surface area contributed by atoms with Crippen molar-refractivity contribution < 1.29 is 32.3 Å². The van der Waals surface area contributed by atoms with Crippen molar-refractivity contribution in [1.29, 1.82) is 0 Å². The number of benzene rings is 1. The number of carbonyl (C=O) groups is 3. The lowest BCUT2D eigenvalue weighted by Crippen LogP contribution is -2.44. The first-order chi connectivity index (χ1) is 12.1. The van der Waals surface area contributed by atoms with Crippen LogP contribution >= 0.6 is 0 Å². The van der Waals surface area contributed by atoms with Gasteiger partial charge in [-0.1, -0.05) is 30.3 Å². The maximum atomic E-state index is 12.3. The van der Waals surface area contributed by atoms with Crippen LogP contribution in [0.1, 0.15) is 18.9 Å². The molecular formula is C17H19F3N2O4. The highest BCUT2D eigenvalue weighted by atomic mass is 19.4. The van der Waals surface area contributed by atoms with Crippen LogP contribution in [0.3, 0.4) is 0 Å². The number of hydrogen-bond donors (Lipinski definition) is 1.